The molecule has 1 saturated heterocycles. The highest BCUT2D eigenvalue weighted by Crippen LogP contribution is 2.07. The molecular formula is C6H7BrN2O2. The Balaban J connectivity index is 2.62. The molecule has 1 aliphatic rings. The molecule has 0 bridgehead atoms. The number of imide groups is 1. The summed E-state index contributed by atoms with van der Waals surface area (Å²) >= 11 is 3.07. The second-order valence-corrected chi connectivity index (χ2v) is 3.28. The molecule has 3 amide bonds. The second-order valence-electron chi connectivity index (χ2n) is 2.16. The largest absolute Gasteiger partial charge is 0.329 e. The van der Waals surface area contributed by atoms with Crippen molar-refractivity contribution in [1.82, 2.24) is 10.2 Å². The Kier molecular flexibility index (Phi) is 2.28. The van der Waals surface area contributed by atoms with Gasteiger partial charge in [-0.3, -0.25) is 9.69 Å². The van der Waals surface area contributed by atoms with Crippen LogP contribution in [0.15, 0.2) is 11.1 Å². The zero-order valence-corrected chi connectivity index (χ0v) is 7.35. The summed E-state index contributed by atoms with van der Waals surface area (Å²) in [5.74, 6) is -0.212. The van der Waals surface area contributed by atoms with E-state index in [1.54, 1.807) is 0 Å². The SMILES string of the molecule is C=C(Br)CN1C(=O)CNC1=O. The Bertz CT molecular complexity index is 211. The third-order valence-corrected chi connectivity index (χ3v) is 1.52. The standard InChI is InChI=1S/C6H7BrN2O2/c1-4(7)3-9-5(10)2-8-6(9)11/h1-3H2,(H,8,11). The molecular weight excluding hydrogens is 212 g/mol. The number of nitrogens with one attached hydrogen (secondary N) is 1. The normalized spacial score (nSPS) is 17.0. The zero-order valence-electron chi connectivity index (χ0n) is 5.76. The van der Waals surface area contributed by atoms with Gasteiger partial charge in [0, 0.05) is 4.48 Å². The fourth-order valence-electron chi connectivity index (χ4n) is 0.787. The van der Waals surface area contributed by atoms with E-state index in [2.05, 4.69) is 27.8 Å². The number of rotatable bonds is 2. The Morgan fingerprint density at radius 2 is 2.36 bits per heavy atom. The van der Waals surface area contributed by atoms with Gasteiger partial charge in [0.25, 0.3) is 0 Å². The first-order valence-corrected chi connectivity index (χ1v) is 3.82. The van der Waals surface area contributed by atoms with Gasteiger partial charge in [-0.15, -0.1) is 0 Å². The van der Waals surface area contributed by atoms with Crippen molar-refractivity contribution in [3.63, 3.8) is 0 Å². The molecule has 1 fully saturated rings. The molecule has 0 spiro atoms. The molecule has 1 aliphatic heterocycles. The van der Waals surface area contributed by atoms with Gasteiger partial charge in [0.1, 0.15) is 0 Å². The van der Waals surface area contributed by atoms with Crippen molar-refractivity contribution in [3.05, 3.63) is 11.1 Å². The molecule has 0 unspecified atom stereocenters. The van der Waals surface area contributed by atoms with Gasteiger partial charge in [0.05, 0.1) is 13.1 Å². The van der Waals surface area contributed by atoms with E-state index in [9.17, 15) is 9.59 Å². The molecule has 0 atom stereocenters. The van der Waals surface area contributed by atoms with Crippen LogP contribution in [0.25, 0.3) is 0 Å². The number of halogens is 1. The number of amides is 3. The molecule has 1 rings (SSSR count). The Labute approximate surface area is 72.4 Å². The summed E-state index contributed by atoms with van der Waals surface area (Å²) in [7, 11) is 0. The summed E-state index contributed by atoms with van der Waals surface area (Å²) in [5, 5.41) is 2.40. The average Bonchev–Trinajstić information content (AvgIpc) is 2.18. The number of hydrogen-bond donors (Lipinski definition) is 1. The van der Waals surface area contributed by atoms with Crippen LogP contribution < -0.4 is 5.32 Å². The summed E-state index contributed by atoms with van der Waals surface area (Å²) in [6, 6.07) is -0.351. The molecule has 60 valence electrons. The van der Waals surface area contributed by atoms with Crippen LogP contribution in [-0.2, 0) is 4.79 Å². The fourth-order valence-corrected chi connectivity index (χ4v) is 1.04. The van der Waals surface area contributed by atoms with Crippen molar-refractivity contribution in [1.29, 1.82) is 0 Å². The summed E-state index contributed by atoms with van der Waals surface area (Å²) in [5.41, 5.74) is 0. The minimum Gasteiger partial charge on any atom is -0.329 e. The van der Waals surface area contributed by atoms with Gasteiger partial charge >= 0.3 is 6.03 Å². The highest BCUT2D eigenvalue weighted by molar-refractivity contribution is 9.11. The van der Waals surface area contributed by atoms with E-state index in [-0.39, 0.29) is 25.0 Å². The van der Waals surface area contributed by atoms with Crippen LogP contribution in [0.5, 0.6) is 0 Å². The lowest BCUT2D eigenvalue weighted by atomic mass is 10.5. The molecule has 0 aliphatic carbocycles. The Hall–Kier alpha value is -0.840. The third kappa shape index (κ3) is 1.80. The second kappa shape index (κ2) is 3.04. The van der Waals surface area contributed by atoms with Gasteiger partial charge in [-0.25, -0.2) is 4.79 Å². The molecule has 5 heteroatoms. The molecule has 0 saturated carbocycles. The highest BCUT2D eigenvalue weighted by Gasteiger charge is 2.27. The van der Waals surface area contributed by atoms with Crippen LogP contribution in [-0.4, -0.2) is 29.9 Å². The first kappa shape index (κ1) is 8.26. The van der Waals surface area contributed by atoms with E-state index in [4.69, 9.17) is 0 Å². The van der Waals surface area contributed by atoms with Crippen LogP contribution >= 0.6 is 15.9 Å². The quantitative estimate of drug-likeness (QED) is 0.685. The number of carbonyl (C=O) groups is 2. The van der Waals surface area contributed by atoms with E-state index >= 15 is 0 Å². The first-order valence-electron chi connectivity index (χ1n) is 3.02. The minimum absolute atomic E-state index is 0.0963. The molecule has 1 heterocycles. The van der Waals surface area contributed by atoms with Gasteiger partial charge in [-0.1, -0.05) is 22.5 Å². The molecule has 1 N–H and O–H groups in total. The Morgan fingerprint density at radius 3 is 2.73 bits per heavy atom. The maximum absolute atomic E-state index is 10.9. The van der Waals surface area contributed by atoms with Crippen molar-refractivity contribution in [2.45, 2.75) is 0 Å². The maximum Gasteiger partial charge on any atom is 0.324 e. The van der Waals surface area contributed by atoms with Crippen molar-refractivity contribution >= 4 is 27.9 Å². The van der Waals surface area contributed by atoms with E-state index in [0.717, 1.165) is 4.90 Å². The predicted octanol–water partition coefficient (Wildman–Crippen LogP) is 0.447. The van der Waals surface area contributed by atoms with Crippen LogP contribution in [0, 0.1) is 0 Å². The van der Waals surface area contributed by atoms with Gasteiger partial charge in [0.2, 0.25) is 5.91 Å². The van der Waals surface area contributed by atoms with Crippen molar-refractivity contribution in [2.75, 3.05) is 13.1 Å². The van der Waals surface area contributed by atoms with Crippen LogP contribution in [0.1, 0.15) is 0 Å². The zero-order chi connectivity index (χ0) is 8.43. The van der Waals surface area contributed by atoms with E-state index in [1.165, 1.54) is 0 Å². The van der Waals surface area contributed by atoms with Gasteiger partial charge in [-0.05, 0) is 0 Å². The lowest BCUT2D eigenvalue weighted by Crippen LogP contribution is -2.31. The lowest BCUT2D eigenvalue weighted by molar-refractivity contribution is -0.124. The molecule has 4 nitrogen and oxygen atoms in total. The fraction of sp³-hybridized carbons (Fsp3) is 0.333. The number of carbonyl (C=O) groups excluding carboxylic acids is 2. The smallest absolute Gasteiger partial charge is 0.324 e. The first-order chi connectivity index (χ1) is 5.11. The van der Waals surface area contributed by atoms with Gasteiger partial charge < -0.3 is 5.32 Å². The molecule has 0 radical (unpaired) electrons. The topological polar surface area (TPSA) is 49.4 Å². The summed E-state index contributed by atoms with van der Waals surface area (Å²) in [6.07, 6.45) is 0. The van der Waals surface area contributed by atoms with Crippen LogP contribution in [0.3, 0.4) is 0 Å². The molecule has 0 aromatic heterocycles. The molecule has 11 heavy (non-hydrogen) atoms. The molecule has 0 aromatic rings. The Morgan fingerprint density at radius 1 is 1.73 bits per heavy atom. The van der Waals surface area contributed by atoms with Crippen molar-refractivity contribution in [3.8, 4) is 0 Å². The third-order valence-electron chi connectivity index (χ3n) is 1.27. The average molecular weight is 219 g/mol. The lowest BCUT2D eigenvalue weighted by Gasteiger charge is -2.09. The predicted molar refractivity (Wildman–Crippen MR) is 43.2 cm³/mol. The summed E-state index contributed by atoms with van der Waals surface area (Å²) in [6.45, 7) is 3.87. The summed E-state index contributed by atoms with van der Waals surface area (Å²) < 4.78 is 0.614. The highest BCUT2D eigenvalue weighted by atomic mass is 79.9. The van der Waals surface area contributed by atoms with Crippen molar-refractivity contribution in [2.24, 2.45) is 0 Å². The van der Waals surface area contributed by atoms with Crippen LogP contribution in [0.2, 0.25) is 0 Å². The van der Waals surface area contributed by atoms with E-state index in [0.29, 0.717) is 4.48 Å². The molecule has 0 aromatic carbocycles. The summed E-state index contributed by atoms with van der Waals surface area (Å²) in [4.78, 5) is 22.9. The number of nitrogens with zero attached hydrogens (tertiary/aromatic N) is 1. The van der Waals surface area contributed by atoms with Crippen molar-refractivity contribution < 1.29 is 9.59 Å². The monoisotopic (exact) mass is 218 g/mol. The van der Waals surface area contributed by atoms with Gasteiger partial charge in [0.15, 0.2) is 0 Å². The van der Waals surface area contributed by atoms with E-state index in [1.807, 2.05) is 0 Å². The number of hydrogen-bond acceptors (Lipinski definition) is 2. The minimum atomic E-state index is -0.351. The maximum atomic E-state index is 10.9. The van der Waals surface area contributed by atoms with Crippen LogP contribution in [0.4, 0.5) is 4.79 Å². The number of urea groups is 1. The van der Waals surface area contributed by atoms with Gasteiger partial charge in [-0.2, -0.15) is 0 Å². The van der Waals surface area contributed by atoms with E-state index < -0.39 is 0 Å².